The molecule has 0 aliphatic carbocycles. The van der Waals surface area contributed by atoms with Gasteiger partial charge < -0.3 is 9.83 Å². The molecule has 0 unspecified atom stereocenters. The van der Waals surface area contributed by atoms with Crippen LogP contribution in [-0.2, 0) is 0 Å². The predicted octanol–water partition coefficient (Wildman–Crippen LogP) is 4.67. The van der Waals surface area contributed by atoms with Gasteiger partial charge in [0.05, 0.1) is 12.5 Å². The summed E-state index contributed by atoms with van der Waals surface area (Å²) >= 11 is 0. The van der Waals surface area contributed by atoms with Crippen molar-refractivity contribution in [2.24, 2.45) is 0 Å². The maximum absolute atomic E-state index is 7.02. The highest BCUT2D eigenvalue weighted by atomic mass is 16.3. The molecule has 0 saturated heterocycles. The Bertz CT molecular complexity index is 285. The predicted molar refractivity (Wildman–Crippen MR) is 68.7 cm³/mol. The molecule has 0 fully saturated rings. The van der Waals surface area contributed by atoms with E-state index in [1.807, 2.05) is 53.7 Å². The standard InChI is InChI=1S/C9H11NO.2C2H6/c1-3-4-8-7(2)6-11-9(8)5-10;2*1-2/h3-6,10H,1-2H3;2*1-2H3/b4-3-,10-5?;;. The average Bonchev–Trinajstić information content (AvgIpc) is 2.66. The fourth-order valence-electron chi connectivity index (χ4n) is 0.965. The summed E-state index contributed by atoms with van der Waals surface area (Å²) in [6.45, 7) is 11.9. The van der Waals surface area contributed by atoms with Gasteiger partial charge in [0.1, 0.15) is 0 Å². The highest BCUT2D eigenvalue weighted by Gasteiger charge is 2.03. The first-order chi connectivity index (χ1) is 7.29. The molecule has 0 aromatic carbocycles. The van der Waals surface area contributed by atoms with Crippen molar-refractivity contribution in [3.63, 3.8) is 0 Å². The Hall–Kier alpha value is -1.31. The molecular weight excluding hydrogens is 186 g/mol. The number of nitrogens with one attached hydrogen (secondary N) is 1. The monoisotopic (exact) mass is 209 g/mol. The number of rotatable bonds is 2. The number of hydrogen-bond acceptors (Lipinski definition) is 2. The second-order valence-corrected chi connectivity index (χ2v) is 2.34. The molecule has 0 aliphatic rings. The Kier molecular flexibility index (Phi) is 11.6. The van der Waals surface area contributed by atoms with E-state index in [0.29, 0.717) is 5.76 Å². The third kappa shape index (κ3) is 5.21. The number of hydrogen-bond donors (Lipinski definition) is 1. The van der Waals surface area contributed by atoms with Gasteiger partial charge in [0, 0.05) is 5.56 Å². The molecule has 0 bridgehead atoms. The van der Waals surface area contributed by atoms with Crippen LogP contribution in [0.2, 0.25) is 0 Å². The summed E-state index contributed by atoms with van der Waals surface area (Å²) in [7, 11) is 0. The first-order valence-electron chi connectivity index (χ1n) is 5.51. The van der Waals surface area contributed by atoms with Gasteiger partial charge in [-0.3, -0.25) is 0 Å². The van der Waals surface area contributed by atoms with E-state index in [1.54, 1.807) is 6.26 Å². The summed E-state index contributed by atoms with van der Waals surface area (Å²) in [4.78, 5) is 0. The Labute approximate surface area is 93.5 Å². The van der Waals surface area contributed by atoms with Gasteiger partial charge in [-0.15, -0.1) is 0 Å². The van der Waals surface area contributed by atoms with Crippen LogP contribution in [0.15, 0.2) is 16.8 Å². The second-order valence-electron chi connectivity index (χ2n) is 2.34. The van der Waals surface area contributed by atoms with Gasteiger partial charge in [0.15, 0.2) is 5.76 Å². The minimum absolute atomic E-state index is 0.626. The molecule has 0 saturated carbocycles. The summed E-state index contributed by atoms with van der Waals surface area (Å²) < 4.78 is 5.10. The van der Waals surface area contributed by atoms with E-state index in [4.69, 9.17) is 9.83 Å². The smallest absolute Gasteiger partial charge is 0.151 e. The second kappa shape index (κ2) is 10.8. The topological polar surface area (TPSA) is 37.0 Å². The zero-order chi connectivity index (χ0) is 12.3. The maximum atomic E-state index is 7.02. The molecule has 15 heavy (non-hydrogen) atoms. The van der Waals surface area contributed by atoms with Gasteiger partial charge in [0.25, 0.3) is 0 Å². The van der Waals surface area contributed by atoms with E-state index in [1.165, 1.54) is 6.21 Å². The molecular formula is C13H23NO. The van der Waals surface area contributed by atoms with Crippen LogP contribution < -0.4 is 0 Å². The van der Waals surface area contributed by atoms with Gasteiger partial charge >= 0.3 is 0 Å². The molecule has 1 rings (SSSR count). The van der Waals surface area contributed by atoms with Crippen molar-refractivity contribution in [1.29, 1.82) is 5.41 Å². The van der Waals surface area contributed by atoms with Crippen LogP contribution in [0.3, 0.4) is 0 Å². The Morgan fingerprint density at radius 3 is 2.13 bits per heavy atom. The first-order valence-corrected chi connectivity index (χ1v) is 5.51. The van der Waals surface area contributed by atoms with Gasteiger partial charge in [-0.2, -0.15) is 0 Å². The third-order valence-corrected chi connectivity index (χ3v) is 1.52. The number of furan rings is 1. The van der Waals surface area contributed by atoms with E-state index in [2.05, 4.69) is 0 Å². The quantitative estimate of drug-likeness (QED) is 0.706. The summed E-state index contributed by atoms with van der Waals surface area (Å²) in [6, 6.07) is 0. The minimum Gasteiger partial charge on any atom is -0.462 e. The summed E-state index contributed by atoms with van der Waals surface area (Å²) in [5.74, 6) is 0.626. The van der Waals surface area contributed by atoms with Gasteiger partial charge in [-0.25, -0.2) is 0 Å². The van der Waals surface area contributed by atoms with Gasteiger partial charge in [-0.05, 0) is 19.4 Å². The molecule has 1 aromatic heterocycles. The van der Waals surface area contributed by atoms with E-state index in [9.17, 15) is 0 Å². The van der Waals surface area contributed by atoms with Crippen LogP contribution in [0.4, 0.5) is 0 Å². The van der Waals surface area contributed by atoms with E-state index < -0.39 is 0 Å². The lowest BCUT2D eigenvalue weighted by Crippen LogP contribution is -1.79. The van der Waals surface area contributed by atoms with Gasteiger partial charge in [-0.1, -0.05) is 39.8 Å². The highest BCUT2D eigenvalue weighted by molar-refractivity contribution is 5.80. The molecule has 2 nitrogen and oxygen atoms in total. The summed E-state index contributed by atoms with van der Waals surface area (Å²) in [5.41, 5.74) is 2.07. The van der Waals surface area contributed by atoms with Crippen LogP contribution >= 0.6 is 0 Å². The highest BCUT2D eigenvalue weighted by Crippen LogP contribution is 2.15. The molecule has 2 heteroatoms. The van der Waals surface area contributed by atoms with Gasteiger partial charge in [0.2, 0.25) is 0 Å². The lowest BCUT2D eigenvalue weighted by molar-refractivity contribution is 0.557. The van der Waals surface area contributed by atoms with E-state index >= 15 is 0 Å². The maximum Gasteiger partial charge on any atom is 0.151 e. The van der Waals surface area contributed by atoms with Crippen LogP contribution in [0.1, 0.15) is 51.5 Å². The first kappa shape index (κ1) is 16.1. The fourth-order valence-corrected chi connectivity index (χ4v) is 0.965. The van der Waals surface area contributed by atoms with Crippen molar-refractivity contribution in [3.05, 3.63) is 29.2 Å². The molecule has 0 amide bonds. The van der Waals surface area contributed by atoms with Crippen molar-refractivity contribution in [3.8, 4) is 0 Å². The SMILES string of the molecule is C/C=C\c1c(C)coc1C=N.CC.CC. The minimum atomic E-state index is 0.626. The van der Waals surface area contributed by atoms with E-state index in [-0.39, 0.29) is 0 Å². The molecule has 86 valence electrons. The lowest BCUT2D eigenvalue weighted by Gasteiger charge is -1.88. The van der Waals surface area contributed by atoms with Crippen molar-refractivity contribution in [1.82, 2.24) is 0 Å². The molecule has 0 radical (unpaired) electrons. The zero-order valence-corrected chi connectivity index (χ0v) is 10.7. The van der Waals surface area contributed by atoms with Crippen LogP contribution in [0, 0.1) is 12.3 Å². The normalized spacial score (nSPS) is 8.67. The van der Waals surface area contributed by atoms with Crippen molar-refractivity contribution in [2.75, 3.05) is 0 Å². The Morgan fingerprint density at radius 2 is 1.73 bits per heavy atom. The van der Waals surface area contributed by atoms with Crippen LogP contribution in [0.5, 0.6) is 0 Å². The number of allylic oxidation sites excluding steroid dienone is 1. The van der Waals surface area contributed by atoms with Crippen molar-refractivity contribution < 1.29 is 4.42 Å². The number of aryl methyl sites for hydroxylation is 1. The zero-order valence-electron chi connectivity index (χ0n) is 10.7. The molecule has 0 spiro atoms. The summed E-state index contributed by atoms with van der Waals surface area (Å²) in [5, 5.41) is 7.02. The van der Waals surface area contributed by atoms with Crippen molar-refractivity contribution >= 4 is 12.3 Å². The Morgan fingerprint density at radius 1 is 1.20 bits per heavy atom. The molecule has 1 N–H and O–H groups in total. The molecule has 1 heterocycles. The molecule has 0 aliphatic heterocycles. The average molecular weight is 209 g/mol. The lowest BCUT2D eigenvalue weighted by atomic mass is 10.1. The third-order valence-electron chi connectivity index (χ3n) is 1.52. The van der Waals surface area contributed by atoms with Crippen LogP contribution in [0.25, 0.3) is 6.08 Å². The largest absolute Gasteiger partial charge is 0.462 e. The van der Waals surface area contributed by atoms with Crippen LogP contribution in [-0.4, -0.2) is 6.21 Å². The van der Waals surface area contributed by atoms with Crippen molar-refractivity contribution in [2.45, 2.75) is 41.5 Å². The van der Waals surface area contributed by atoms with E-state index in [0.717, 1.165) is 11.1 Å². The summed E-state index contributed by atoms with van der Waals surface area (Å²) in [6.07, 6.45) is 6.77. The fraction of sp³-hybridized carbons (Fsp3) is 0.462. The molecule has 0 atom stereocenters. The molecule has 1 aromatic rings. The Balaban J connectivity index is 0.